The molecule has 0 atom stereocenters. The van der Waals surface area contributed by atoms with Gasteiger partial charge in [-0.05, 0) is 17.9 Å². The Morgan fingerprint density at radius 3 is 2.19 bits per heavy atom. The lowest BCUT2D eigenvalue weighted by atomic mass is 10.00. The van der Waals surface area contributed by atoms with E-state index in [-0.39, 0.29) is 5.33 Å². The lowest BCUT2D eigenvalue weighted by Crippen LogP contribution is -2.15. The van der Waals surface area contributed by atoms with Gasteiger partial charge in [0.25, 0.3) is 0 Å². The van der Waals surface area contributed by atoms with Crippen LogP contribution in [0.2, 0.25) is 0 Å². The molecule has 0 N–H and O–H groups in total. The van der Waals surface area contributed by atoms with Gasteiger partial charge in [0.2, 0.25) is 11.6 Å². The topological polar surface area (TPSA) is 34.1 Å². The molecule has 16 heavy (non-hydrogen) atoms. The number of carbonyl (C=O) groups excluding carboxylic acids is 2. The van der Waals surface area contributed by atoms with Crippen LogP contribution in [0.5, 0.6) is 0 Å². The molecular formula is C13H15BrO2. The van der Waals surface area contributed by atoms with E-state index in [0.717, 1.165) is 6.42 Å². The van der Waals surface area contributed by atoms with Crippen molar-refractivity contribution in [3.05, 3.63) is 35.4 Å². The van der Waals surface area contributed by atoms with E-state index in [9.17, 15) is 9.59 Å². The zero-order valence-electron chi connectivity index (χ0n) is 9.50. The first-order valence-corrected chi connectivity index (χ1v) is 6.39. The van der Waals surface area contributed by atoms with Crippen LogP contribution in [0.15, 0.2) is 24.3 Å². The molecule has 0 saturated heterocycles. The molecule has 86 valence electrons. The number of alkyl halides is 1. The fourth-order valence-electron chi connectivity index (χ4n) is 1.49. The van der Waals surface area contributed by atoms with Crippen molar-refractivity contribution in [3.8, 4) is 0 Å². The van der Waals surface area contributed by atoms with Gasteiger partial charge in [-0.15, -0.1) is 0 Å². The number of carbonyl (C=O) groups is 2. The molecule has 0 radical (unpaired) electrons. The Morgan fingerprint density at radius 2 is 1.75 bits per heavy atom. The van der Waals surface area contributed by atoms with Crippen LogP contribution in [0.4, 0.5) is 0 Å². The van der Waals surface area contributed by atoms with Crippen LogP contribution in [0.1, 0.15) is 29.8 Å². The molecule has 0 aromatic heterocycles. The van der Waals surface area contributed by atoms with Crippen LogP contribution in [0.3, 0.4) is 0 Å². The summed E-state index contributed by atoms with van der Waals surface area (Å²) in [5.74, 6) is -0.240. The third-order valence-electron chi connectivity index (χ3n) is 2.23. The molecule has 0 saturated carbocycles. The highest BCUT2D eigenvalue weighted by molar-refractivity contribution is 9.09. The Bertz CT molecular complexity index is 379. The highest BCUT2D eigenvalue weighted by Crippen LogP contribution is 2.10. The van der Waals surface area contributed by atoms with Gasteiger partial charge < -0.3 is 0 Å². The Kier molecular flexibility index (Phi) is 4.87. The van der Waals surface area contributed by atoms with Crippen molar-refractivity contribution in [1.82, 2.24) is 0 Å². The standard InChI is InChI=1S/C13H15BrO2/c1-9(2)7-10-3-5-11(6-4-10)13(16)12(15)8-14/h3-6,9H,7-8H2,1-2H3. The zero-order valence-corrected chi connectivity index (χ0v) is 11.1. The summed E-state index contributed by atoms with van der Waals surface area (Å²) in [5, 5.41) is 0.0829. The zero-order chi connectivity index (χ0) is 12.1. The minimum absolute atomic E-state index is 0.0829. The summed E-state index contributed by atoms with van der Waals surface area (Å²) in [5.41, 5.74) is 1.66. The summed E-state index contributed by atoms with van der Waals surface area (Å²) in [6.07, 6.45) is 0.987. The first-order valence-electron chi connectivity index (χ1n) is 5.27. The normalized spacial score (nSPS) is 10.5. The Balaban J connectivity index is 2.78. The van der Waals surface area contributed by atoms with Crippen LogP contribution in [-0.2, 0) is 11.2 Å². The van der Waals surface area contributed by atoms with Crippen LogP contribution < -0.4 is 0 Å². The highest BCUT2D eigenvalue weighted by atomic mass is 79.9. The second-order valence-electron chi connectivity index (χ2n) is 4.18. The SMILES string of the molecule is CC(C)Cc1ccc(C(=O)C(=O)CBr)cc1. The molecule has 2 nitrogen and oxygen atoms in total. The third kappa shape index (κ3) is 3.56. The van der Waals surface area contributed by atoms with Gasteiger partial charge in [-0.1, -0.05) is 54.0 Å². The van der Waals surface area contributed by atoms with Gasteiger partial charge in [0.1, 0.15) is 0 Å². The van der Waals surface area contributed by atoms with E-state index in [2.05, 4.69) is 29.8 Å². The maximum Gasteiger partial charge on any atom is 0.229 e. The maximum absolute atomic E-state index is 11.5. The maximum atomic E-state index is 11.5. The molecule has 0 amide bonds. The van der Waals surface area contributed by atoms with Crippen molar-refractivity contribution in [2.45, 2.75) is 20.3 Å². The van der Waals surface area contributed by atoms with Crippen molar-refractivity contribution in [3.63, 3.8) is 0 Å². The molecule has 1 rings (SSSR count). The fourth-order valence-corrected chi connectivity index (χ4v) is 1.74. The van der Waals surface area contributed by atoms with E-state index in [1.165, 1.54) is 5.56 Å². The van der Waals surface area contributed by atoms with Crippen molar-refractivity contribution in [1.29, 1.82) is 0 Å². The van der Waals surface area contributed by atoms with Crippen molar-refractivity contribution in [2.24, 2.45) is 5.92 Å². The average Bonchev–Trinajstić information content (AvgIpc) is 2.27. The molecule has 0 unspecified atom stereocenters. The number of ketones is 2. The third-order valence-corrected chi connectivity index (χ3v) is 2.74. The molecule has 1 aromatic rings. The Morgan fingerprint density at radius 1 is 1.19 bits per heavy atom. The van der Waals surface area contributed by atoms with Crippen molar-refractivity contribution in [2.75, 3.05) is 5.33 Å². The number of hydrogen-bond acceptors (Lipinski definition) is 2. The van der Waals surface area contributed by atoms with Gasteiger partial charge in [-0.2, -0.15) is 0 Å². The minimum atomic E-state index is -0.423. The van der Waals surface area contributed by atoms with E-state index >= 15 is 0 Å². The molecule has 0 fully saturated rings. The molecule has 0 aliphatic rings. The Labute approximate surface area is 104 Å². The highest BCUT2D eigenvalue weighted by Gasteiger charge is 2.14. The lowest BCUT2D eigenvalue weighted by molar-refractivity contribution is -0.112. The van der Waals surface area contributed by atoms with E-state index in [1.54, 1.807) is 12.1 Å². The predicted octanol–water partition coefficient (Wildman–Crippen LogP) is 3.03. The summed E-state index contributed by atoms with van der Waals surface area (Å²) in [7, 11) is 0. The lowest BCUT2D eigenvalue weighted by Gasteiger charge is -2.05. The van der Waals surface area contributed by atoms with Gasteiger partial charge >= 0.3 is 0 Å². The smallest absolute Gasteiger partial charge is 0.229 e. The molecule has 0 bridgehead atoms. The van der Waals surface area contributed by atoms with Crippen LogP contribution in [-0.4, -0.2) is 16.9 Å². The van der Waals surface area contributed by atoms with Crippen molar-refractivity contribution < 1.29 is 9.59 Å². The van der Waals surface area contributed by atoms with Crippen molar-refractivity contribution >= 4 is 27.5 Å². The number of Topliss-reactive ketones (excluding diaryl/α,β-unsaturated/α-hetero) is 2. The van der Waals surface area contributed by atoms with Crippen LogP contribution >= 0.6 is 15.9 Å². The largest absolute Gasteiger partial charge is 0.290 e. The second-order valence-corrected chi connectivity index (χ2v) is 4.74. The van der Waals surface area contributed by atoms with Crippen LogP contribution in [0, 0.1) is 5.92 Å². The average molecular weight is 283 g/mol. The van der Waals surface area contributed by atoms with Gasteiger partial charge in [-0.25, -0.2) is 0 Å². The van der Waals surface area contributed by atoms with Gasteiger partial charge in [-0.3, -0.25) is 9.59 Å². The summed E-state index contributed by atoms with van der Waals surface area (Å²) in [6, 6.07) is 7.27. The molecule has 0 heterocycles. The first-order chi connectivity index (χ1) is 7.54. The number of hydrogen-bond donors (Lipinski definition) is 0. The van der Waals surface area contributed by atoms with Gasteiger partial charge in [0, 0.05) is 5.56 Å². The molecule has 0 aliphatic heterocycles. The monoisotopic (exact) mass is 282 g/mol. The quantitative estimate of drug-likeness (QED) is 0.473. The summed E-state index contributed by atoms with van der Waals surface area (Å²) < 4.78 is 0. The summed E-state index contributed by atoms with van der Waals surface area (Å²) >= 11 is 2.99. The summed E-state index contributed by atoms with van der Waals surface area (Å²) in [6.45, 7) is 4.29. The first kappa shape index (κ1) is 13.1. The predicted molar refractivity (Wildman–Crippen MR) is 68.1 cm³/mol. The number of benzene rings is 1. The fraction of sp³-hybridized carbons (Fsp3) is 0.385. The number of rotatable bonds is 5. The molecular weight excluding hydrogens is 268 g/mol. The second kappa shape index (κ2) is 5.94. The minimum Gasteiger partial charge on any atom is -0.290 e. The molecule has 0 aliphatic carbocycles. The van der Waals surface area contributed by atoms with E-state index in [4.69, 9.17) is 0 Å². The van der Waals surface area contributed by atoms with E-state index in [1.807, 2.05) is 12.1 Å². The van der Waals surface area contributed by atoms with E-state index in [0.29, 0.717) is 11.5 Å². The van der Waals surface area contributed by atoms with Crippen LogP contribution in [0.25, 0.3) is 0 Å². The van der Waals surface area contributed by atoms with Gasteiger partial charge in [0.15, 0.2) is 0 Å². The van der Waals surface area contributed by atoms with Gasteiger partial charge in [0.05, 0.1) is 5.33 Å². The molecule has 1 aromatic carbocycles. The molecule has 3 heteroatoms. The Hall–Kier alpha value is -0.960. The molecule has 0 spiro atoms. The number of halogens is 1. The van der Waals surface area contributed by atoms with E-state index < -0.39 is 11.6 Å². The summed E-state index contributed by atoms with van der Waals surface area (Å²) in [4.78, 5) is 22.7.